The van der Waals surface area contributed by atoms with Gasteiger partial charge in [-0.05, 0) is 77.4 Å². The van der Waals surface area contributed by atoms with Crippen LogP contribution in [0.1, 0.15) is 66.9 Å². The lowest BCUT2D eigenvalue weighted by atomic mass is 9.84. The summed E-state index contributed by atoms with van der Waals surface area (Å²) in [6.45, 7) is 6.31. The number of hydrogen-bond acceptors (Lipinski definition) is 8. The van der Waals surface area contributed by atoms with Crippen LogP contribution in [0.4, 0.5) is 4.79 Å². The Labute approximate surface area is 316 Å². The van der Waals surface area contributed by atoms with Crippen molar-refractivity contribution in [2.45, 2.75) is 63.9 Å². The van der Waals surface area contributed by atoms with Crippen LogP contribution in [-0.2, 0) is 37.8 Å². The Morgan fingerprint density at radius 2 is 1.58 bits per heavy atom. The van der Waals surface area contributed by atoms with Gasteiger partial charge in [0.25, 0.3) is 0 Å². The summed E-state index contributed by atoms with van der Waals surface area (Å²) in [5.41, 5.74) is 5.57. The minimum Gasteiger partial charge on any atom is -0.465 e. The lowest BCUT2D eigenvalue weighted by Gasteiger charge is -2.45. The maximum Gasteiger partial charge on any atom is 0.325 e. The van der Waals surface area contributed by atoms with Crippen molar-refractivity contribution in [2.75, 3.05) is 32.8 Å². The maximum atomic E-state index is 12.2. The first kappa shape index (κ1) is 38.4. The molecule has 2 aliphatic heterocycles. The van der Waals surface area contributed by atoms with E-state index in [1.807, 2.05) is 91.0 Å². The van der Waals surface area contributed by atoms with E-state index in [-0.39, 0.29) is 44.4 Å². The number of esters is 1. The normalized spacial score (nSPS) is 21.5. The van der Waals surface area contributed by atoms with Crippen molar-refractivity contribution in [3.8, 4) is 11.1 Å². The molecule has 6 rings (SSSR count). The van der Waals surface area contributed by atoms with Crippen LogP contribution in [0.3, 0.4) is 0 Å². The summed E-state index contributed by atoms with van der Waals surface area (Å²) in [6.07, 6.45) is 0.163. The highest BCUT2D eigenvalue weighted by atomic mass is 35.5. The van der Waals surface area contributed by atoms with Gasteiger partial charge in [0.15, 0.2) is 6.29 Å². The molecule has 11 heteroatoms. The lowest BCUT2D eigenvalue weighted by molar-refractivity contribution is -0.277. The zero-order valence-corrected chi connectivity index (χ0v) is 30.9. The fourth-order valence-corrected chi connectivity index (χ4v) is 7.20. The minimum absolute atomic E-state index is 0.0187. The molecule has 0 saturated carbocycles. The third kappa shape index (κ3) is 9.83. The summed E-state index contributed by atoms with van der Waals surface area (Å²) >= 11 is 6.11. The maximum absolute atomic E-state index is 12.2. The van der Waals surface area contributed by atoms with Gasteiger partial charge < -0.3 is 40.0 Å². The third-order valence-corrected chi connectivity index (χ3v) is 10.4. The summed E-state index contributed by atoms with van der Waals surface area (Å²) in [5.74, 6) is -0.471. The number of aliphatic hydroxyl groups is 2. The molecule has 4 N–H and O–H groups in total. The van der Waals surface area contributed by atoms with E-state index in [0.717, 1.165) is 52.0 Å². The van der Waals surface area contributed by atoms with Crippen molar-refractivity contribution in [3.05, 3.63) is 130 Å². The molecular formula is C42H48ClN3O7. The molecule has 0 spiro atoms. The average Bonchev–Trinajstić information content (AvgIpc) is 3.18. The number of likely N-dealkylation sites (tertiary alicyclic amines) is 1. The number of piperidine rings is 1. The largest absolute Gasteiger partial charge is 0.465 e. The second kappa shape index (κ2) is 17.7. The lowest BCUT2D eigenvalue weighted by Crippen LogP contribution is -2.49. The van der Waals surface area contributed by atoms with Gasteiger partial charge in [0, 0.05) is 42.7 Å². The number of rotatable bonds is 12. The van der Waals surface area contributed by atoms with Gasteiger partial charge in [-0.1, -0.05) is 91.3 Å². The van der Waals surface area contributed by atoms with E-state index in [4.69, 9.17) is 25.8 Å². The van der Waals surface area contributed by atoms with Gasteiger partial charge >= 0.3 is 12.0 Å². The average molecular weight is 742 g/mol. The molecule has 0 bridgehead atoms. The molecular weight excluding hydrogens is 694 g/mol. The summed E-state index contributed by atoms with van der Waals surface area (Å²) in [5, 5.41) is 27.1. The van der Waals surface area contributed by atoms with Crippen LogP contribution in [0.25, 0.3) is 11.1 Å². The Balaban J connectivity index is 1.17. The van der Waals surface area contributed by atoms with Crippen molar-refractivity contribution in [2.24, 2.45) is 5.92 Å². The quantitative estimate of drug-likeness (QED) is 0.119. The van der Waals surface area contributed by atoms with E-state index in [0.29, 0.717) is 24.4 Å². The van der Waals surface area contributed by atoms with Crippen molar-refractivity contribution >= 4 is 23.6 Å². The van der Waals surface area contributed by atoms with Gasteiger partial charge in [-0.15, -0.1) is 0 Å². The van der Waals surface area contributed by atoms with Crippen LogP contribution in [-0.4, -0.2) is 66.0 Å². The molecule has 0 radical (unpaired) electrons. The Kier molecular flexibility index (Phi) is 12.8. The highest BCUT2D eigenvalue weighted by Gasteiger charge is 2.41. The van der Waals surface area contributed by atoms with E-state index in [2.05, 4.69) is 28.5 Å². The molecule has 0 unspecified atom stereocenters. The number of nitrogens with zero attached hydrogens (tertiary/aromatic N) is 1. The van der Waals surface area contributed by atoms with Crippen LogP contribution in [0.5, 0.6) is 0 Å². The number of ether oxygens (including phenoxy) is 3. The monoisotopic (exact) mass is 741 g/mol. The van der Waals surface area contributed by atoms with Crippen LogP contribution in [0.2, 0.25) is 5.02 Å². The predicted octanol–water partition coefficient (Wildman–Crippen LogP) is 6.64. The van der Waals surface area contributed by atoms with Crippen LogP contribution < -0.4 is 10.6 Å². The molecule has 280 valence electrons. The highest BCUT2D eigenvalue weighted by Crippen LogP contribution is 2.43. The molecule has 2 saturated heterocycles. The number of hydrogen-bond donors (Lipinski definition) is 4. The molecule has 2 heterocycles. The molecule has 4 atom stereocenters. The van der Waals surface area contributed by atoms with Gasteiger partial charge in [-0.25, -0.2) is 4.79 Å². The van der Waals surface area contributed by atoms with Crippen molar-refractivity contribution in [1.29, 1.82) is 0 Å². The molecule has 0 aromatic heterocycles. The van der Waals surface area contributed by atoms with Gasteiger partial charge in [-0.2, -0.15) is 0 Å². The first-order chi connectivity index (χ1) is 25.6. The standard InChI is InChI=1S/C42H48ClN3O7/c1-3-51-38(48)25-45-41(49)44-24-30-6-4-7-32(22-30)33-8-5-9-34(23-33)40-52-37(28(2)39(53-40)31-12-10-29(27-47)11-13-31)26-46-20-18-42(50,19-21-46)35-14-16-36(43)17-15-35/h4-17,22-23,28,37,39-40,47,50H,3,18-21,24-27H2,1-2H3,(H2,44,45,49)/t28-,37+,39+,40+/m1/s1. The summed E-state index contributed by atoms with van der Waals surface area (Å²) in [7, 11) is 0. The molecule has 53 heavy (non-hydrogen) atoms. The van der Waals surface area contributed by atoms with Gasteiger partial charge in [0.1, 0.15) is 6.54 Å². The number of halogens is 1. The number of urea groups is 1. The SMILES string of the molecule is CCOC(=O)CNC(=O)NCc1cccc(-c2cccc([C@H]3O[C@@H](CN4CCC(O)(c5ccc(Cl)cc5)CC4)[C@@H](C)[C@@H](c4ccc(CO)cc4)O3)c2)c1. The molecule has 4 aromatic rings. The number of benzene rings is 4. The minimum atomic E-state index is -0.896. The van der Waals surface area contributed by atoms with E-state index in [1.54, 1.807) is 6.92 Å². The van der Waals surface area contributed by atoms with Crippen LogP contribution >= 0.6 is 11.6 Å². The Morgan fingerprint density at radius 3 is 2.28 bits per heavy atom. The molecule has 2 amide bonds. The molecule has 2 fully saturated rings. The van der Waals surface area contributed by atoms with E-state index in [9.17, 15) is 19.8 Å². The molecule has 10 nitrogen and oxygen atoms in total. The Hall–Kier alpha value is -4.29. The summed E-state index contributed by atoms with van der Waals surface area (Å²) in [4.78, 5) is 26.2. The number of nitrogens with one attached hydrogen (secondary N) is 2. The van der Waals surface area contributed by atoms with Crippen molar-refractivity contribution in [1.82, 2.24) is 15.5 Å². The fraction of sp³-hybridized carbons (Fsp3) is 0.381. The topological polar surface area (TPSA) is 130 Å². The molecule has 0 aliphatic carbocycles. The second-order valence-corrected chi connectivity index (χ2v) is 14.3. The van der Waals surface area contributed by atoms with E-state index >= 15 is 0 Å². The number of carbonyl (C=O) groups excluding carboxylic acids is 2. The molecule has 2 aliphatic rings. The van der Waals surface area contributed by atoms with Gasteiger partial charge in [0.05, 0.1) is 31.0 Å². The predicted molar refractivity (Wildman–Crippen MR) is 203 cm³/mol. The zero-order chi connectivity index (χ0) is 37.4. The fourth-order valence-electron chi connectivity index (χ4n) is 7.07. The highest BCUT2D eigenvalue weighted by molar-refractivity contribution is 6.30. The van der Waals surface area contributed by atoms with Gasteiger partial charge in [-0.3, -0.25) is 4.79 Å². The van der Waals surface area contributed by atoms with E-state index < -0.39 is 23.9 Å². The van der Waals surface area contributed by atoms with E-state index in [1.165, 1.54) is 0 Å². The zero-order valence-electron chi connectivity index (χ0n) is 30.2. The third-order valence-electron chi connectivity index (χ3n) is 10.2. The van der Waals surface area contributed by atoms with Crippen LogP contribution in [0.15, 0.2) is 97.1 Å². The number of aliphatic hydroxyl groups excluding tert-OH is 1. The van der Waals surface area contributed by atoms with Gasteiger partial charge in [0.2, 0.25) is 0 Å². The van der Waals surface area contributed by atoms with Crippen molar-refractivity contribution < 1.29 is 34.0 Å². The first-order valence-electron chi connectivity index (χ1n) is 18.2. The Bertz CT molecular complexity index is 1830. The smallest absolute Gasteiger partial charge is 0.325 e. The Morgan fingerprint density at radius 1 is 0.887 bits per heavy atom. The number of carbonyl (C=O) groups is 2. The first-order valence-corrected chi connectivity index (χ1v) is 18.6. The number of amides is 2. The van der Waals surface area contributed by atoms with Crippen LogP contribution in [0, 0.1) is 5.92 Å². The summed E-state index contributed by atoms with van der Waals surface area (Å²) < 4.78 is 18.4. The summed E-state index contributed by atoms with van der Waals surface area (Å²) in [6, 6.07) is 31.0. The van der Waals surface area contributed by atoms with Crippen molar-refractivity contribution in [3.63, 3.8) is 0 Å². The molecule has 4 aromatic carbocycles. The second-order valence-electron chi connectivity index (χ2n) is 13.8.